The molecule has 0 bridgehead atoms. The SMILES string of the molecule is C[C@@H]1C(c2ccccc2)=C2C(=O)c3ccccc3[C@@]2(O)[C@H]([N+](=O)[O-])[C@H]1c1ccccc1Br.C[C@@H]1C(c2ccccc2)=C2C(=O)c3ccccc3[C@@]2(O)[C@H]([N+](=O)[O-])[C@H]1c1ccccc1Br. The summed E-state index contributed by atoms with van der Waals surface area (Å²) in [7, 11) is 0. The van der Waals surface area contributed by atoms with Gasteiger partial charge in [-0.05, 0) is 57.4 Å². The number of nitro groups is 2. The second-order valence-corrected chi connectivity index (χ2v) is 18.4. The van der Waals surface area contributed by atoms with Crippen molar-refractivity contribution in [1.82, 2.24) is 0 Å². The highest BCUT2D eigenvalue weighted by Crippen LogP contribution is 2.60. The molecule has 0 amide bonds. The Kier molecular flexibility index (Phi) is 11.1. The minimum Gasteiger partial charge on any atom is -0.374 e. The van der Waals surface area contributed by atoms with E-state index in [-0.39, 0.29) is 34.5 Å². The van der Waals surface area contributed by atoms with Gasteiger partial charge in [0.1, 0.15) is 0 Å². The van der Waals surface area contributed by atoms with Crippen LogP contribution in [-0.4, -0.2) is 43.7 Å². The highest BCUT2D eigenvalue weighted by Gasteiger charge is 2.67. The molecule has 0 aromatic heterocycles. The van der Waals surface area contributed by atoms with Gasteiger partial charge < -0.3 is 10.2 Å². The predicted molar refractivity (Wildman–Crippen MR) is 250 cm³/mol. The maximum Gasteiger partial charge on any atom is 0.257 e. The maximum atomic E-state index is 13.6. The van der Waals surface area contributed by atoms with Gasteiger partial charge in [-0.25, -0.2) is 0 Å². The van der Waals surface area contributed by atoms with Crippen LogP contribution in [0.25, 0.3) is 11.1 Å². The van der Waals surface area contributed by atoms with Crippen LogP contribution in [0.15, 0.2) is 178 Å². The Bertz CT molecular complexity index is 2770. The van der Waals surface area contributed by atoms with Crippen molar-refractivity contribution in [1.29, 1.82) is 0 Å². The van der Waals surface area contributed by atoms with Crippen molar-refractivity contribution in [3.63, 3.8) is 0 Å². The van der Waals surface area contributed by atoms with Crippen LogP contribution in [0.1, 0.15) is 79.8 Å². The minimum atomic E-state index is -2.03. The van der Waals surface area contributed by atoms with Crippen molar-refractivity contribution in [2.24, 2.45) is 11.8 Å². The number of hydrogen-bond donors (Lipinski definition) is 2. The van der Waals surface area contributed by atoms with Gasteiger partial charge in [0.05, 0.1) is 11.8 Å². The summed E-state index contributed by atoms with van der Waals surface area (Å²) >= 11 is 7.12. The van der Waals surface area contributed by atoms with Crippen LogP contribution in [0, 0.1) is 32.1 Å². The molecule has 0 spiro atoms. The molecule has 0 fully saturated rings. The monoisotopic (exact) mass is 978 g/mol. The summed E-state index contributed by atoms with van der Waals surface area (Å²) in [5.41, 5.74) is 1.81. The van der Waals surface area contributed by atoms with E-state index in [1.807, 2.05) is 123 Å². The number of carbonyl (C=O) groups excluding carboxylic acids is 2. The number of Topliss-reactive ketones (excluding diaryl/α,β-unsaturated/α-hetero) is 2. The second-order valence-electron chi connectivity index (χ2n) is 16.7. The lowest BCUT2D eigenvalue weighted by Crippen LogP contribution is -2.53. The van der Waals surface area contributed by atoms with Crippen LogP contribution in [0.3, 0.4) is 0 Å². The lowest BCUT2D eigenvalue weighted by atomic mass is 9.62. The summed E-state index contributed by atoms with van der Waals surface area (Å²) in [6.45, 7) is 3.82. The van der Waals surface area contributed by atoms with Gasteiger partial charge in [-0.15, -0.1) is 0 Å². The highest BCUT2D eigenvalue weighted by molar-refractivity contribution is 9.10. The van der Waals surface area contributed by atoms with Gasteiger partial charge in [0.15, 0.2) is 22.8 Å². The molecule has 10 rings (SSSR count). The number of nitrogens with zero attached hydrogens (tertiary/aromatic N) is 2. The first kappa shape index (κ1) is 43.1. The Labute approximate surface area is 385 Å². The molecule has 6 aromatic carbocycles. The first-order chi connectivity index (χ1) is 30.7. The summed E-state index contributed by atoms with van der Waals surface area (Å²) in [5, 5.41) is 49.6. The van der Waals surface area contributed by atoms with Crippen molar-refractivity contribution < 1.29 is 29.6 Å². The van der Waals surface area contributed by atoms with Gasteiger partial charge in [-0.1, -0.05) is 191 Å². The summed E-state index contributed by atoms with van der Waals surface area (Å²) in [4.78, 5) is 51.5. The standard InChI is InChI=1S/2C26H20BrNO4/c2*1-15-21(16-9-3-2-4-10-16)23-24(29)17-11-5-7-13-19(17)26(23,30)25(28(31)32)22(15)18-12-6-8-14-20(18)27/h2*2-15,22,25,30H,1H3/t2*15-,22-,25-,26+/m11/s1. The average Bonchev–Trinajstić information content (AvgIpc) is 3.66. The van der Waals surface area contributed by atoms with Crippen molar-refractivity contribution in [2.45, 2.75) is 49.0 Å². The number of allylic oxidation sites excluding steroid dienone is 2. The fraction of sp³-hybridized carbons (Fsp3) is 0.192. The number of hydrogen-bond acceptors (Lipinski definition) is 8. The zero-order valence-corrected chi connectivity index (χ0v) is 37.6. The fourth-order valence-corrected chi connectivity index (χ4v) is 12.1. The lowest BCUT2D eigenvalue weighted by molar-refractivity contribution is -0.551. The lowest BCUT2D eigenvalue weighted by Gasteiger charge is -2.43. The molecule has 0 saturated carbocycles. The first-order valence-corrected chi connectivity index (χ1v) is 22.4. The summed E-state index contributed by atoms with van der Waals surface area (Å²) in [6, 6.07) is 44.1. The minimum absolute atomic E-state index is 0.127. The molecule has 0 heterocycles. The summed E-state index contributed by atoms with van der Waals surface area (Å²) < 4.78 is 1.47. The topological polar surface area (TPSA) is 161 Å². The van der Waals surface area contributed by atoms with E-state index < -0.39 is 45.0 Å². The number of rotatable bonds is 6. The molecule has 0 aliphatic heterocycles. The molecule has 0 unspecified atom stereocenters. The van der Waals surface area contributed by atoms with Crippen molar-refractivity contribution in [2.75, 3.05) is 0 Å². The number of ketones is 2. The van der Waals surface area contributed by atoms with E-state index in [2.05, 4.69) is 31.9 Å². The fourth-order valence-electron chi connectivity index (χ4n) is 11.0. The zero-order chi connectivity index (χ0) is 45.2. The molecule has 4 aliphatic carbocycles. The van der Waals surface area contributed by atoms with E-state index in [1.165, 1.54) is 0 Å². The van der Waals surface area contributed by atoms with Crippen molar-refractivity contribution in [3.05, 3.63) is 243 Å². The normalized spacial score (nSPS) is 26.6. The van der Waals surface area contributed by atoms with Gasteiger partial charge in [0, 0.05) is 52.2 Å². The largest absolute Gasteiger partial charge is 0.374 e. The van der Waals surface area contributed by atoms with E-state index in [0.717, 1.165) is 31.2 Å². The van der Waals surface area contributed by atoms with Gasteiger partial charge in [-0.2, -0.15) is 0 Å². The number of aliphatic hydroxyl groups is 2. The Morgan fingerprint density at radius 1 is 0.484 bits per heavy atom. The van der Waals surface area contributed by atoms with Crippen LogP contribution in [0.4, 0.5) is 0 Å². The van der Waals surface area contributed by atoms with Crippen LogP contribution in [0.5, 0.6) is 0 Å². The number of benzene rings is 6. The molecule has 8 atom stereocenters. The Morgan fingerprint density at radius 3 is 1.14 bits per heavy atom. The van der Waals surface area contributed by atoms with Crippen LogP contribution in [-0.2, 0) is 11.2 Å². The van der Waals surface area contributed by atoms with Crippen LogP contribution in [0.2, 0.25) is 0 Å². The average molecular weight is 981 g/mol. The molecular weight excluding hydrogens is 940 g/mol. The smallest absolute Gasteiger partial charge is 0.257 e. The highest BCUT2D eigenvalue weighted by atomic mass is 79.9. The summed E-state index contributed by atoms with van der Waals surface area (Å²) in [6.07, 6.45) is 0. The maximum absolute atomic E-state index is 13.6. The Balaban J connectivity index is 0.000000162. The quantitative estimate of drug-likeness (QED) is 0.123. The Hall–Kier alpha value is -6.18. The van der Waals surface area contributed by atoms with Crippen LogP contribution >= 0.6 is 31.9 Å². The van der Waals surface area contributed by atoms with Crippen molar-refractivity contribution in [3.8, 4) is 0 Å². The third-order valence-corrected chi connectivity index (χ3v) is 15.0. The first-order valence-electron chi connectivity index (χ1n) is 20.8. The van der Waals surface area contributed by atoms with E-state index >= 15 is 0 Å². The van der Waals surface area contributed by atoms with Gasteiger partial charge in [0.25, 0.3) is 12.1 Å². The van der Waals surface area contributed by atoms with E-state index in [0.29, 0.717) is 33.4 Å². The molecule has 320 valence electrons. The third-order valence-electron chi connectivity index (χ3n) is 13.6. The third kappa shape index (κ3) is 6.41. The van der Waals surface area contributed by atoms with Gasteiger partial charge in [-0.3, -0.25) is 29.8 Å². The number of carbonyl (C=O) groups is 2. The molecule has 6 aromatic rings. The predicted octanol–water partition coefficient (Wildman–Crippen LogP) is 10.7. The molecule has 64 heavy (non-hydrogen) atoms. The molecule has 0 radical (unpaired) electrons. The molecule has 4 aliphatic rings. The molecule has 2 N–H and O–H groups in total. The van der Waals surface area contributed by atoms with Gasteiger partial charge in [0.2, 0.25) is 0 Å². The van der Waals surface area contributed by atoms with Crippen molar-refractivity contribution >= 4 is 54.6 Å². The Morgan fingerprint density at radius 2 is 0.797 bits per heavy atom. The molecule has 12 heteroatoms. The molecule has 10 nitrogen and oxygen atoms in total. The van der Waals surface area contributed by atoms with Crippen LogP contribution < -0.4 is 0 Å². The van der Waals surface area contributed by atoms with Gasteiger partial charge >= 0.3 is 0 Å². The van der Waals surface area contributed by atoms with E-state index in [9.17, 15) is 40.0 Å². The molecule has 0 saturated heterocycles. The van der Waals surface area contributed by atoms with E-state index in [4.69, 9.17) is 0 Å². The second kappa shape index (κ2) is 16.4. The zero-order valence-electron chi connectivity index (χ0n) is 34.5. The number of fused-ring (bicyclic) bond motifs is 6. The number of halogens is 2. The molecular formula is C52H40Br2N2O8. The summed E-state index contributed by atoms with van der Waals surface area (Å²) in [5.74, 6) is -2.79. The van der Waals surface area contributed by atoms with E-state index in [1.54, 1.807) is 48.5 Å².